The molecule has 0 saturated carbocycles. The second-order valence-electron chi connectivity index (χ2n) is 7.63. The van der Waals surface area contributed by atoms with E-state index in [1.54, 1.807) is 18.2 Å². The van der Waals surface area contributed by atoms with Crippen LogP contribution in [0.15, 0.2) is 35.3 Å². The molecule has 0 spiro atoms. The maximum atomic E-state index is 13.8. The van der Waals surface area contributed by atoms with Crippen molar-refractivity contribution in [3.63, 3.8) is 0 Å². The molecule has 0 radical (unpaired) electrons. The molecule has 1 aromatic heterocycles. The third-order valence-electron chi connectivity index (χ3n) is 4.96. The van der Waals surface area contributed by atoms with Gasteiger partial charge in [0.25, 0.3) is 0 Å². The number of carbonyl (C=O) groups is 2. The lowest BCUT2D eigenvalue weighted by atomic mass is 9.92. The number of H-pyrrole nitrogens is 1. The van der Waals surface area contributed by atoms with Crippen molar-refractivity contribution in [1.82, 2.24) is 14.9 Å². The molecular weight excluding hydrogens is 420 g/mol. The molecule has 2 N–H and O–H groups in total. The quantitative estimate of drug-likeness (QED) is 0.572. The average Bonchev–Trinajstić information content (AvgIpc) is 3.14. The maximum Gasteiger partial charge on any atom is 0.413 e. The molecule has 0 aliphatic carbocycles. The van der Waals surface area contributed by atoms with E-state index in [0.29, 0.717) is 28.7 Å². The van der Waals surface area contributed by atoms with Crippen molar-refractivity contribution in [1.29, 1.82) is 0 Å². The minimum atomic E-state index is -1.08. The zero-order valence-corrected chi connectivity index (χ0v) is 17.5. The fraction of sp³-hybridized carbons (Fsp3) is 0.273. The number of amides is 1. The summed E-state index contributed by atoms with van der Waals surface area (Å²) in [5, 5.41) is 2.55. The molecule has 0 saturated heterocycles. The molecule has 0 fully saturated rings. The van der Waals surface area contributed by atoms with Crippen LogP contribution in [0, 0.1) is 11.6 Å². The highest BCUT2D eigenvalue weighted by Crippen LogP contribution is 2.25. The van der Waals surface area contributed by atoms with Gasteiger partial charge in [-0.15, -0.1) is 0 Å². The Balaban J connectivity index is 1.54. The van der Waals surface area contributed by atoms with Crippen LogP contribution in [-0.4, -0.2) is 66.2 Å². The number of carbonyl (C=O) groups excluding carboxylic acids is 2. The van der Waals surface area contributed by atoms with Gasteiger partial charge >= 0.3 is 6.09 Å². The van der Waals surface area contributed by atoms with Crippen LogP contribution in [0.5, 0.6) is 0 Å². The number of aliphatic imine (C=N–C) groups is 1. The first-order valence-electron chi connectivity index (χ1n) is 9.97. The molecular formula is C22H21F2N5O3. The zero-order chi connectivity index (χ0) is 22.8. The highest BCUT2D eigenvalue weighted by Gasteiger charge is 2.24. The first-order valence-corrected chi connectivity index (χ1v) is 9.97. The Morgan fingerprint density at radius 1 is 1.19 bits per heavy atom. The van der Waals surface area contributed by atoms with Gasteiger partial charge in [0, 0.05) is 23.2 Å². The number of imidazole rings is 1. The van der Waals surface area contributed by atoms with Crippen molar-refractivity contribution in [3.8, 4) is 0 Å². The molecule has 10 heteroatoms. The number of ether oxygens (including phenoxy) is 1. The molecule has 0 atom stereocenters. The number of aromatic amines is 1. The van der Waals surface area contributed by atoms with Gasteiger partial charge in [-0.2, -0.15) is 0 Å². The van der Waals surface area contributed by atoms with E-state index in [4.69, 9.17) is 4.74 Å². The minimum absolute atomic E-state index is 0.0953. The number of halogens is 2. The van der Waals surface area contributed by atoms with Gasteiger partial charge in [-0.25, -0.2) is 18.6 Å². The summed E-state index contributed by atoms with van der Waals surface area (Å²) in [6.07, 6.45) is 0.0881. The number of nitrogens with one attached hydrogen (secondary N) is 2. The summed E-state index contributed by atoms with van der Waals surface area (Å²) < 4.78 is 32.6. The Labute approximate surface area is 182 Å². The largest absolute Gasteiger partial charge is 0.449 e. The predicted octanol–water partition coefficient (Wildman–Crippen LogP) is 3.38. The molecule has 8 nitrogen and oxygen atoms in total. The second-order valence-corrected chi connectivity index (χ2v) is 7.63. The van der Waals surface area contributed by atoms with Crippen LogP contribution in [-0.2, 0) is 4.74 Å². The third kappa shape index (κ3) is 4.50. The summed E-state index contributed by atoms with van der Waals surface area (Å²) in [6, 6.07) is 7.02. The number of benzene rings is 2. The average molecular weight is 441 g/mol. The number of fused-ring (bicyclic) bond motifs is 2. The molecule has 2 heterocycles. The van der Waals surface area contributed by atoms with Crippen molar-refractivity contribution in [2.45, 2.75) is 6.42 Å². The second kappa shape index (κ2) is 8.83. The summed E-state index contributed by atoms with van der Waals surface area (Å²) in [5.41, 5.74) is 2.48. The topological polar surface area (TPSA) is 99.7 Å². The standard InChI is InChI=1S/C22H21F2N5O3/c1-29(2)6-3-7-32-22(31)28-21-26-17-5-4-12(8-18(17)27-21)20-14-10-16(24)15(23)9-13(14)19(30)11-25-20/h4-5,8-10H,3,6-7,11H2,1-2H3,(H2,26,27,28,31). The van der Waals surface area contributed by atoms with Crippen LogP contribution >= 0.6 is 0 Å². The van der Waals surface area contributed by atoms with Crippen LogP contribution in [0.25, 0.3) is 11.0 Å². The van der Waals surface area contributed by atoms with Gasteiger partial charge in [0.05, 0.1) is 23.4 Å². The van der Waals surface area contributed by atoms with Gasteiger partial charge in [0.1, 0.15) is 6.54 Å². The number of Topliss-reactive ketones (excluding diaryl/α,β-unsaturated/α-hetero) is 1. The van der Waals surface area contributed by atoms with Crippen molar-refractivity contribution >= 4 is 34.6 Å². The number of anilines is 1. The van der Waals surface area contributed by atoms with E-state index in [1.165, 1.54) is 0 Å². The van der Waals surface area contributed by atoms with Crippen LogP contribution in [0.2, 0.25) is 0 Å². The number of nitrogens with zero attached hydrogens (tertiary/aromatic N) is 3. The third-order valence-corrected chi connectivity index (χ3v) is 4.96. The molecule has 32 heavy (non-hydrogen) atoms. The number of aromatic nitrogens is 2. The molecule has 0 bridgehead atoms. The van der Waals surface area contributed by atoms with E-state index in [9.17, 15) is 18.4 Å². The molecule has 3 aromatic rings. The Kier molecular flexibility index (Phi) is 5.95. The number of ketones is 1. The van der Waals surface area contributed by atoms with Crippen LogP contribution in [0.1, 0.15) is 27.9 Å². The summed E-state index contributed by atoms with van der Waals surface area (Å²) in [7, 11) is 3.87. The lowest BCUT2D eigenvalue weighted by molar-refractivity contribution is 0.0999. The molecule has 1 aliphatic heterocycles. The fourth-order valence-corrected chi connectivity index (χ4v) is 3.44. The Morgan fingerprint density at radius 2 is 1.94 bits per heavy atom. The molecule has 0 unspecified atom stereocenters. The molecule has 4 rings (SSSR count). The van der Waals surface area contributed by atoms with E-state index in [1.807, 2.05) is 19.0 Å². The summed E-state index contributed by atoms with van der Waals surface area (Å²) in [6.45, 7) is 0.931. The number of hydrogen-bond donors (Lipinski definition) is 2. The summed E-state index contributed by atoms with van der Waals surface area (Å²) in [4.78, 5) is 37.6. The Bertz CT molecular complexity index is 1240. The maximum absolute atomic E-state index is 13.8. The van der Waals surface area contributed by atoms with Crippen molar-refractivity contribution in [2.75, 3.05) is 39.1 Å². The minimum Gasteiger partial charge on any atom is -0.449 e. The summed E-state index contributed by atoms with van der Waals surface area (Å²) in [5.74, 6) is -2.29. The van der Waals surface area contributed by atoms with Crippen LogP contribution in [0.4, 0.5) is 19.5 Å². The van der Waals surface area contributed by atoms with Crippen molar-refractivity contribution in [3.05, 3.63) is 58.7 Å². The Hall–Kier alpha value is -3.66. The van der Waals surface area contributed by atoms with Gasteiger partial charge in [0.2, 0.25) is 5.95 Å². The van der Waals surface area contributed by atoms with Gasteiger partial charge in [-0.3, -0.25) is 15.1 Å². The van der Waals surface area contributed by atoms with E-state index in [2.05, 4.69) is 20.3 Å². The first-order chi connectivity index (χ1) is 15.3. The van der Waals surface area contributed by atoms with E-state index < -0.39 is 17.7 Å². The first kappa shape index (κ1) is 21.6. The summed E-state index contributed by atoms with van der Waals surface area (Å²) >= 11 is 0. The molecule has 2 aromatic carbocycles. The van der Waals surface area contributed by atoms with Crippen molar-refractivity contribution in [2.24, 2.45) is 4.99 Å². The normalized spacial score (nSPS) is 13.3. The van der Waals surface area contributed by atoms with Gasteiger partial charge in [-0.05, 0) is 44.8 Å². The van der Waals surface area contributed by atoms with Crippen LogP contribution in [0.3, 0.4) is 0 Å². The highest BCUT2D eigenvalue weighted by atomic mass is 19.2. The lowest BCUT2D eigenvalue weighted by Crippen LogP contribution is -2.20. The molecule has 1 amide bonds. The van der Waals surface area contributed by atoms with Crippen LogP contribution < -0.4 is 5.32 Å². The lowest BCUT2D eigenvalue weighted by Gasteiger charge is -2.16. The van der Waals surface area contributed by atoms with Crippen molar-refractivity contribution < 1.29 is 23.1 Å². The van der Waals surface area contributed by atoms with E-state index in [0.717, 1.165) is 18.7 Å². The number of rotatable bonds is 6. The SMILES string of the molecule is CN(C)CCCOC(=O)Nc1nc2ccc(C3=NCC(=O)c4cc(F)c(F)cc43)cc2[nH]1. The molecule has 166 valence electrons. The van der Waals surface area contributed by atoms with E-state index >= 15 is 0 Å². The predicted molar refractivity (Wildman–Crippen MR) is 115 cm³/mol. The highest BCUT2D eigenvalue weighted by molar-refractivity contribution is 6.22. The molecule has 1 aliphatic rings. The monoisotopic (exact) mass is 441 g/mol. The fourth-order valence-electron chi connectivity index (χ4n) is 3.44. The smallest absolute Gasteiger partial charge is 0.413 e. The Morgan fingerprint density at radius 3 is 2.69 bits per heavy atom. The van der Waals surface area contributed by atoms with Gasteiger partial charge in [0.15, 0.2) is 17.4 Å². The van der Waals surface area contributed by atoms with Gasteiger partial charge in [-0.1, -0.05) is 6.07 Å². The van der Waals surface area contributed by atoms with E-state index in [-0.39, 0.29) is 36.0 Å². The van der Waals surface area contributed by atoms with Gasteiger partial charge < -0.3 is 14.6 Å². The zero-order valence-electron chi connectivity index (χ0n) is 17.5. The number of hydrogen-bond acceptors (Lipinski definition) is 6.